The van der Waals surface area contributed by atoms with Gasteiger partial charge in [-0.15, -0.1) is 0 Å². The first-order chi connectivity index (χ1) is 17.8. The molecule has 8 nitrogen and oxygen atoms in total. The van der Waals surface area contributed by atoms with Crippen LogP contribution in [0.15, 0.2) is 77.4 Å². The second-order valence-electron chi connectivity index (χ2n) is 8.65. The summed E-state index contributed by atoms with van der Waals surface area (Å²) in [5.74, 6) is 0.0326. The topological polar surface area (TPSA) is 121 Å². The maximum Gasteiger partial charge on any atom is 0.229 e. The van der Waals surface area contributed by atoms with Crippen LogP contribution in [-0.2, 0) is 4.74 Å². The predicted octanol–water partition coefficient (Wildman–Crippen LogP) is 3.46. The molecule has 4 N–H and O–H groups in total. The fraction of sp³-hybridized carbons (Fsp3) is 0.222. The molecule has 4 aromatic rings. The van der Waals surface area contributed by atoms with Crippen molar-refractivity contribution in [2.45, 2.75) is 30.7 Å². The summed E-state index contributed by atoms with van der Waals surface area (Å²) in [6.45, 7) is -0.589. The van der Waals surface area contributed by atoms with E-state index in [2.05, 4.69) is 15.9 Å². The molecule has 10 heteroatoms. The number of aliphatic hydroxyl groups excluding tert-OH is 4. The number of fused-ring (bicyclic) bond motifs is 1. The third-order valence-electron chi connectivity index (χ3n) is 6.36. The van der Waals surface area contributed by atoms with Gasteiger partial charge in [-0.25, -0.2) is 0 Å². The number of halogens is 2. The Morgan fingerprint density at radius 2 is 1.68 bits per heavy atom. The molecule has 1 aliphatic heterocycles. The van der Waals surface area contributed by atoms with Crippen LogP contribution < -0.4 is 4.74 Å². The molecule has 0 bridgehead atoms. The van der Waals surface area contributed by atoms with Crippen molar-refractivity contribution < 1.29 is 34.7 Å². The monoisotopic (exact) mass is 587 g/mol. The average Bonchev–Trinajstić information content (AvgIpc) is 3.29. The zero-order chi connectivity index (χ0) is 26.3. The highest BCUT2D eigenvalue weighted by molar-refractivity contribution is 9.10. The molecule has 192 valence electrons. The van der Waals surface area contributed by atoms with Gasteiger partial charge < -0.3 is 34.5 Å². The first kappa shape index (κ1) is 25.9. The summed E-state index contributed by atoms with van der Waals surface area (Å²) in [7, 11) is 0. The molecule has 1 aliphatic rings. The summed E-state index contributed by atoms with van der Waals surface area (Å²) in [5, 5.41) is 41.1. The van der Waals surface area contributed by atoms with E-state index in [1.807, 2.05) is 12.1 Å². The third kappa shape index (κ3) is 4.68. The minimum atomic E-state index is -1.60. The van der Waals surface area contributed by atoms with Crippen LogP contribution in [0.5, 0.6) is 5.75 Å². The lowest BCUT2D eigenvalue weighted by atomic mass is 9.99. The van der Waals surface area contributed by atoms with Crippen molar-refractivity contribution in [3.05, 3.63) is 93.5 Å². The minimum absolute atomic E-state index is 0.169. The van der Waals surface area contributed by atoms with Crippen molar-refractivity contribution >= 4 is 44.2 Å². The number of carbonyl (C=O) groups is 1. The summed E-state index contributed by atoms with van der Waals surface area (Å²) < 4.78 is 13.9. The number of para-hydroxylation sites is 1. The summed E-state index contributed by atoms with van der Waals surface area (Å²) in [6, 6.07) is 19.6. The van der Waals surface area contributed by atoms with Crippen LogP contribution in [0.2, 0.25) is 5.02 Å². The van der Waals surface area contributed by atoms with Gasteiger partial charge in [0.15, 0.2) is 5.78 Å². The van der Waals surface area contributed by atoms with Crippen LogP contribution in [0.4, 0.5) is 0 Å². The quantitative estimate of drug-likeness (QED) is 0.255. The Bertz CT molecular complexity index is 1440. The van der Waals surface area contributed by atoms with Crippen molar-refractivity contribution in [1.82, 2.24) is 4.57 Å². The second kappa shape index (κ2) is 10.5. The average molecular weight is 589 g/mol. The zero-order valence-corrected chi connectivity index (χ0v) is 21.6. The smallest absolute Gasteiger partial charge is 0.229 e. The van der Waals surface area contributed by atoms with Crippen LogP contribution in [0, 0.1) is 0 Å². The van der Waals surface area contributed by atoms with Gasteiger partial charge in [-0.3, -0.25) is 4.79 Å². The van der Waals surface area contributed by atoms with E-state index in [4.69, 9.17) is 21.1 Å². The lowest BCUT2D eigenvalue weighted by Crippen LogP contribution is -2.60. The molecule has 3 aromatic carbocycles. The predicted molar refractivity (Wildman–Crippen MR) is 140 cm³/mol. The number of nitrogens with zero attached hydrogens (tertiary/aromatic N) is 1. The molecule has 0 spiro atoms. The fourth-order valence-corrected chi connectivity index (χ4v) is 5.01. The van der Waals surface area contributed by atoms with Crippen molar-refractivity contribution in [3.8, 4) is 11.4 Å². The first-order valence-electron chi connectivity index (χ1n) is 11.5. The van der Waals surface area contributed by atoms with Crippen molar-refractivity contribution in [2.24, 2.45) is 0 Å². The van der Waals surface area contributed by atoms with Gasteiger partial charge in [0, 0.05) is 15.6 Å². The number of benzene rings is 3. The highest BCUT2D eigenvalue weighted by atomic mass is 79.9. The van der Waals surface area contributed by atoms with Crippen molar-refractivity contribution in [2.75, 3.05) is 6.61 Å². The van der Waals surface area contributed by atoms with Gasteiger partial charge in [0.05, 0.1) is 34.4 Å². The zero-order valence-electron chi connectivity index (χ0n) is 19.2. The van der Waals surface area contributed by atoms with Gasteiger partial charge in [-0.2, -0.15) is 0 Å². The molecule has 5 atom stereocenters. The molecule has 1 aromatic heterocycles. The van der Waals surface area contributed by atoms with Crippen molar-refractivity contribution in [1.29, 1.82) is 0 Å². The number of aromatic nitrogens is 1. The molecule has 1 fully saturated rings. The van der Waals surface area contributed by atoms with Crippen LogP contribution in [0.3, 0.4) is 0 Å². The number of ketones is 1. The van der Waals surface area contributed by atoms with Gasteiger partial charge in [0.25, 0.3) is 0 Å². The fourth-order valence-electron chi connectivity index (χ4n) is 4.43. The lowest BCUT2D eigenvalue weighted by Gasteiger charge is -2.39. The SMILES string of the molecule is O=C(c1ccccc1)c1ccccc1-n1cc(O[C@H]2O[C@H](CO)[C@H](O)[C@H](O)[C@H]2O)c2c(Cl)c(Br)ccc21. The van der Waals surface area contributed by atoms with Gasteiger partial charge in [-0.1, -0.05) is 54.1 Å². The number of carbonyl (C=O) groups excluding carboxylic acids is 1. The van der Waals surface area contributed by atoms with Gasteiger partial charge in [0.1, 0.15) is 30.2 Å². The highest BCUT2D eigenvalue weighted by Gasteiger charge is 2.45. The summed E-state index contributed by atoms with van der Waals surface area (Å²) >= 11 is 10.1. The minimum Gasteiger partial charge on any atom is -0.460 e. The van der Waals surface area contributed by atoms with E-state index in [0.717, 1.165) is 0 Å². The lowest BCUT2D eigenvalue weighted by molar-refractivity contribution is -0.277. The molecular weight excluding hydrogens is 566 g/mol. The molecular formula is C27H23BrClNO7. The molecule has 37 heavy (non-hydrogen) atoms. The van der Waals surface area contributed by atoms with E-state index in [0.29, 0.717) is 37.2 Å². The van der Waals surface area contributed by atoms with E-state index >= 15 is 0 Å². The molecule has 0 saturated carbocycles. The third-order valence-corrected chi connectivity index (χ3v) is 7.64. The Morgan fingerprint density at radius 3 is 2.41 bits per heavy atom. The second-order valence-corrected chi connectivity index (χ2v) is 9.88. The normalized spacial score (nSPS) is 23.8. The summed E-state index contributed by atoms with van der Waals surface area (Å²) in [6.07, 6.45) is -5.66. The van der Waals surface area contributed by atoms with E-state index in [1.54, 1.807) is 65.4 Å². The number of rotatable bonds is 6. The maximum atomic E-state index is 13.4. The number of hydrogen-bond donors (Lipinski definition) is 4. The molecule has 0 aliphatic carbocycles. The number of hydrogen-bond acceptors (Lipinski definition) is 7. The molecule has 0 amide bonds. The Balaban J connectivity index is 1.63. The molecule has 5 rings (SSSR count). The molecule has 2 heterocycles. The van der Waals surface area contributed by atoms with E-state index in [1.165, 1.54) is 0 Å². The maximum absolute atomic E-state index is 13.4. The molecule has 0 radical (unpaired) electrons. The van der Waals surface area contributed by atoms with E-state index in [-0.39, 0.29) is 11.5 Å². The van der Waals surface area contributed by atoms with Crippen molar-refractivity contribution in [3.63, 3.8) is 0 Å². The van der Waals surface area contributed by atoms with Gasteiger partial charge in [0.2, 0.25) is 6.29 Å². The van der Waals surface area contributed by atoms with Gasteiger partial charge >= 0.3 is 0 Å². The number of aliphatic hydroxyl groups is 4. The van der Waals surface area contributed by atoms with Crippen LogP contribution >= 0.6 is 27.5 Å². The Labute approximate surface area is 225 Å². The van der Waals surface area contributed by atoms with Crippen LogP contribution in [-0.4, -0.2) is 68.1 Å². The summed E-state index contributed by atoms with van der Waals surface area (Å²) in [5.41, 5.74) is 2.17. The molecule has 0 unspecified atom stereocenters. The van der Waals surface area contributed by atoms with Crippen LogP contribution in [0.25, 0.3) is 16.6 Å². The Morgan fingerprint density at radius 1 is 0.973 bits per heavy atom. The first-order valence-corrected chi connectivity index (χ1v) is 12.6. The Hall–Kier alpha value is -2.76. The van der Waals surface area contributed by atoms with E-state index in [9.17, 15) is 25.2 Å². The van der Waals surface area contributed by atoms with Gasteiger partial charge in [-0.05, 0) is 40.2 Å². The van der Waals surface area contributed by atoms with E-state index < -0.39 is 37.3 Å². The summed E-state index contributed by atoms with van der Waals surface area (Å²) in [4.78, 5) is 13.4. The largest absolute Gasteiger partial charge is 0.460 e. The molecule has 1 saturated heterocycles. The Kier molecular flexibility index (Phi) is 7.37. The highest BCUT2D eigenvalue weighted by Crippen LogP contribution is 2.41. The standard InChI is InChI=1S/C27H23BrClNO7/c28-16-10-11-18-21(22(16)29)19(36-27-26(35)25(34)24(33)20(13-31)37-27)12-30(18)17-9-5-4-8-15(17)23(32)14-6-2-1-3-7-14/h1-12,20,24-27,31,33-35H,13H2/t20-,24+,25+,26-,27+/m1/s1. The van der Waals surface area contributed by atoms with Crippen LogP contribution in [0.1, 0.15) is 15.9 Å². The number of ether oxygens (including phenoxy) is 2.